The zero-order chi connectivity index (χ0) is 20.1. The zero-order valence-electron chi connectivity index (χ0n) is 16.7. The first kappa shape index (κ1) is 20.5. The molecule has 0 radical (unpaired) electrons. The van der Waals surface area contributed by atoms with Crippen LogP contribution in [0.25, 0.3) is 0 Å². The van der Waals surface area contributed by atoms with Crippen LogP contribution in [0.3, 0.4) is 0 Å². The van der Waals surface area contributed by atoms with Gasteiger partial charge in [0.2, 0.25) is 5.91 Å². The van der Waals surface area contributed by atoms with Crippen molar-refractivity contribution in [1.29, 1.82) is 0 Å². The number of amides is 1. The van der Waals surface area contributed by atoms with Gasteiger partial charge in [-0.25, -0.2) is 0 Å². The van der Waals surface area contributed by atoms with Gasteiger partial charge in [-0.15, -0.1) is 11.8 Å². The van der Waals surface area contributed by atoms with Crippen LogP contribution in [-0.4, -0.2) is 24.7 Å². The molecule has 148 valence electrons. The Hall–Kier alpha value is -2.27. The lowest BCUT2D eigenvalue weighted by Crippen LogP contribution is -2.27. The number of esters is 1. The molecule has 2 atom stereocenters. The van der Waals surface area contributed by atoms with Crippen molar-refractivity contribution in [3.05, 3.63) is 59.7 Å². The number of thioether (sulfide) groups is 1. The first-order valence-electron chi connectivity index (χ1n) is 9.72. The minimum Gasteiger partial charge on any atom is -0.461 e. The molecular formula is C23H27NO3S. The second-order valence-electron chi connectivity index (χ2n) is 7.23. The number of hydrogen-bond acceptors (Lipinski definition) is 4. The van der Waals surface area contributed by atoms with Crippen molar-refractivity contribution in [3.8, 4) is 0 Å². The van der Waals surface area contributed by atoms with E-state index >= 15 is 0 Å². The topological polar surface area (TPSA) is 46.6 Å². The third-order valence-corrected chi connectivity index (χ3v) is 6.11. The molecular weight excluding hydrogens is 370 g/mol. The minimum atomic E-state index is -0.414. The average Bonchev–Trinajstić information content (AvgIpc) is 3.13. The SMILES string of the molecule is CC[C@H](C)c1ccccc1N1C[C@H](C(=O)OCc2ccc(SC)cc2)CC1=O. The van der Waals surface area contributed by atoms with Gasteiger partial charge in [-0.05, 0) is 47.9 Å². The fourth-order valence-corrected chi connectivity index (χ4v) is 3.87. The molecule has 2 aromatic rings. The summed E-state index contributed by atoms with van der Waals surface area (Å²) in [5.41, 5.74) is 3.03. The molecule has 1 aliphatic rings. The van der Waals surface area contributed by atoms with Gasteiger partial charge in [-0.1, -0.05) is 44.2 Å². The third-order valence-electron chi connectivity index (χ3n) is 5.37. The monoisotopic (exact) mass is 397 g/mol. The summed E-state index contributed by atoms with van der Waals surface area (Å²) >= 11 is 1.67. The lowest BCUT2D eigenvalue weighted by molar-refractivity contribution is -0.149. The summed E-state index contributed by atoms with van der Waals surface area (Å²) in [5.74, 6) is -0.366. The smallest absolute Gasteiger partial charge is 0.311 e. The van der Waals surface area contributed by atoms with Gasteiger partial charge in [0.1, 0.15) is 6.61 Å². The van der Waals surface area contributed by atoms with Crippen molar-refractivity contribution < 1.29 is 14.3 Å². The van der Waals surface area contributed by atoms with Crippen LogP contribution in [0, 0.1) is 5.92 Å². The molecule has 5 heteroatoms. The summed E-state index contributed by atoms with van der Waals surface area (Å²) in [6.45, 7) is 4.92. The molecule has 1 aliphatic heterocycles. The van der Waals surface area contributed by atoms with Gasteiger partial charge >= 0.3 is 5.97 Å². The molecule has 0 spiro atoms. The van der Waals surface area contributed by atoms with Crippen LogP contribution in [0.2, 0.25) is 0 Å². The van der Waals surface area contributed by atoms with E-state index < -0.39 is 5.92 Å². The maximum atomic E-state index is 12.6. The lowest BCUT2D eigenvalue weighted by Gasteiger charge is -2.23. The highest BCUT2D eigenvalue weighted by Gasteiger charge is 2.37. The van der Waals surface area contributed by atoms with Crippen molar-refractivity contribution in [1.82, 2.24) is 0 Å². The predicted molar refractivity (Wildman–Crippen MR) is 114 cm³/mol. The second-order valence-corrected chi connectivity index (χ2v) is 8.11. The van der Waals surface area contributed by atoms with Crippen LogP contribution >= 0.6 is 11.8 Å². The van der Waals surface area contributed by atoms with Crippen LogP contribution in [0.4, 0.5) is 5.69 Å². The molecule has 0 aliphatic carbocycles. The first-order valence-corrected chi connectivity index (χ1v) is 10.9. The third kappa shape index (κ3) is 4.58. The van der Waals surface area contributed by atoms with Gasteiger partial charge in [0.05, 0.1) is 5.92 Å². The Kier molecular flexibility index (Phi) is 6.79. The van der Waals surface area contributed by atoms with Crippen LogP contribution < -0.4 is 4.90 Å². The highest BCUT2D eigenvalue weighted by atomic mass is 32.2. The number of benzene rings is 2. The number of ether oxygens (including phenoxy) is 1. The average molecular weight is 398 g/mol. The number of carbonyl (C=O) groups is 2. The van der Waals surface area contributed by atoms with Crippen LogP contribution in [0.1, 0.15) is 43.7 Å². The summed E-state index contributed by atoms with van der Waals surface area (Å²) in [7, 11) is 0. The van der Waals surface area contributed by atoms with Crippen molar-refractivity contribution in [2.45, 2.75) is 44.1 Å². The van der Waals surface area contributed by atoms with E-state index in [9.17, 15) is 9.59 Å². The molecule has 28 heavy (non-hydrogen) atoms. The molecule has 0 aromatic heterocycles. The Morgan fingerprint density at radius 1 is 1.21 bits per heavy atom. The normalized spacial score (nSPS) is 17.6. The van der Waals surface area contributed by atoms with Gasteiger partial charge < -0.3 is 9.64 Å². The largest absolute Gasteiger partial charge is 0.461 e. The highest BCUT2D eigenvalue weighted by Crippen LogP contribution is 2.33. The van der Waals surface area contributed by atoms with Gasteiger partial charge in [0, 0.05) is 23.5 Å². The maximum absolute atomic E-state index is 12.6. The molecule has 1 amide bonds. The Labute approximate surface area is 171 Å². The Morgan fingerprint density at radius 3 is 2.61 bits per heavy atom. The van der Waals surface area contributed by atoms with Crippen molar-refractivity contribution in [2.24, 2.45) is 5.92 Å². The molecule has 0 bridgehead atoms. The molecule has 3 rings (SSSR count). The van der Waals surface area contributed by atoms with E-state index in [1.165, 1.54) is 4.90 Å². The van der Waals surface area contributed by atoms with Crippen LogP contribution in [0.15, 0.2) is 53.4 Å². The van der Waals surface area contributed by atoms with Gasteiger partial charge in [0.15, 0.2) is 0 Å². The van der Waals surface area contributed by atoms with Crippen LogP contribution in [0.5, 0.6) is 0 Å². The van der Waals surface area contributed by atoms with Crippen LogP contribution in [-0.2, 0) is 20.9 Å². The Morgan fingerprint density at radius 2 is 1.93 bits per heavy atom. The number of anilines is 1. The standard InChI is InChI=1S/C23H27NO3S/c1-4-16(2)20-7-5-6-8-21(20)24-14-18(13-22(24)25)23(26)27-15-17-9-11-19(28-3)12-10-17/h5-12,16,18H,4,13-15H2,1-3H3/t16-,18+/m0/s1. The van der Waals surface area contributed by atoms with Gasteiger partial charge in [0.25, 0.3) is 0 Å². The highest BCUT2D eigenvalue weighted by molar-refractivity contribution is 7.98. The molecule has 0 N–H and O–H groups in total. The first-order chi connectivity index (χ1) is 13.5. The van der Waals surface area contributed by atoms with E-state index in [1.54, 1.807) is 16.7 Å². The number of carbonyl (C=O) groups excluding carboxylic acids is 2. The molecule has 0 saturated carbocycles. The number of rotatable bonds is 7. The number of para-hydroxylation sites is 1. The molecule has 1 fully saturated rings. The fourth-order valence-electron chi connectivity index (χ4n) is 3.46. The van der Waals surface area contributed by atoms with Gasteiger partial charge in [-0.2, -0.15) is 0 Å². The molecule has 1 heterocycles. The quantitative estimate of drug-likeness (QED) is 0.486. The van der Waals surface area contributed by atoms with E-state index in [0.717, 1.165) is 23.2 Å². The molecule has 2 aromatic carbocycles. The van der Waals surface area contributed by atoms with E-state index in [4.69, 9.17) is 4.74 Å². The van der Waals surface area contributed by atoms with Crippen molar-refractivity contribution in [2.75, 3.05) is 17.7 Å². The molecule has 1 saturated heterocycles. The zero-order valence-corrected chi connectivity index (χ0v) is 17.5. The minimum absolute atomic E-state index is 0.0120. The summed E-state index contributed by atoms with van der Waals surface area (Å²) < 4.78 is 5.49. The summed E-state index contributed by atoms with van der Waals surface area (Å²) in [6.07, 6.45) is 3.23. The van der Waals surface area contributed by atoms with Crippen molar-refractivity contribution >= 4 is 29.3 Å². The van der Waals surface area contributed by atoms with Crippen molar-refractivity contribution in [3.63, 3.8) is 0 Å². The molecule has 4 nitrogen and oxygen atoms in total. The number of hydrogen-bond donors (Lipinski definition) is 0. The maximum Gasteiger partial charge on any atom is 0.311 e. The number of nitrogens with zero attached hydrogens (tertiary/aromatic N) is 1. The lowest BCUT2D eigenvalue weighted by atomic mass is 9.96. The van der Waals surface area contributed by atoms with E-state index in [1.807, 2.05) is 48.7 Å². The van der Waals surface area contributed by atoms with Gasteiger partial charge in [-0.3, -0.25) is 9.59 Å². The fraction of sp³-hybridized carbons (Fsp3) is 0.391. The van der Waals surface area contributed by atoms with E-state index in [2.05, 4.69) is 19.9 Å². The summed E-state index contributed by atoms with van der Waals surface area (Å²) in [4.78, 5) is 28.1. The van der Waals surface area contributed by atoms with E-state index in [-0.39, 0.29) is 24.9 Å². The second kappa shape index (κ2) is 9.28. The summed E-state index contributed by atoms with van der Waals surface area (Å²) in [6, 6.07) is 15.9. The Bertz CT molecular complexity index is 834. The summed E-state index contributed by atoms with van der Waals surface area (Å²) in [5, 5.41) is 0. The predicted octanol–water partition coefficient (Wildman–Crippen LogP) is 5.02. The molecule has 0 unspecified atom stereocenters. The van der Waals surface area contributed by atoms with E-state index in [0.29, 0.717) is 12.5 Å². The Balaban J connectivity index is 1.64.